The van der Waals surface area contributed by atoms with Crippen molar-refractivity contribution in [2.45, 2.75) is 13.0 Å². The van der Waals surface area contributed by atoms with E-state index in [1.165, 1.54) is 12.3 Å². The van der Waals surface area contributed by atoms with Gasteiger partial charge in [-0.1, -0.05) is 29.8 Å². The Bertz CT molecular complexity index is 1070. The highest BCUT2D eigenvalue weighted by Crippen LogP contribution is 2.32. The van der Waals surface area contributed by atoms with Crippen molar-refractivity contribution in [1.29, 1.82) is 0 Å². The summed E-state index contributed by atoms with van der Waals surface area (Å²) in [6, 6.07) is 17.3. The minimum absolute atomic E-state index is 0.0164. The molecular weight excluding hydrogens is 378 g/mol. The molecule has 0 saturated heterocycles. The average molecular weight is 394 g/mol. The van der Waals surface area contributed by atoms with E-state index in [0.717, 1.165) is 16.8 Å². The van der Waals surface area contributed by atoms with E-state index in [1.54, 1.807) is 41.3 Å². The van der Waals surface area contributed by atoms with Gasteiger partial charge in [-0.2, -0.15) is 4.73 Å². The Morgan fingerprint density at radius 2 is 1.93 bits per heavy atom. The lowest BCUT2D eigenvalue weighted by Crippen LogP contribution is -2.36. The zero-order valence-corrected chi connectivity index (χ0v) is 15.5. The van der Waals surface area contributed by atoms with Crippen molar-refractivity contribution < 1.29 is 14.3 Å². The molecule has 140 valence electrons. The summed E-state index contributed by atoms with van der Waals surface area (Å²) in [5, 5.41) is 14.9. The van der Waals surface area contributed by atoms with Gasteiger partial charge in [0.05, 0.1) is 13.0 Å². The predicted octanol–water partition coefficient (Wildman–Crippen LogP) is 3.32. The van der Waals surface area contributed by atoms with Crippen LogP contribution in [0.15, 0.2) is 66.9 Å². The van der Waals surface area contributed by atoms with Gasteiger partial charge < -0.3 is 15.4 Å². The molecule has 0 aliphatic carbocycles. The van der Waals surface area contributed by atoms with Crippen molar-refractivity contribution in [3.63, 3.8) is 0 Å². The normalized spacial score (nSPS) is 12.8. The molecule has 1 aromatic heterocycles. The first-order chi connectivity index (χ1) is 13.5. The molecule has 0 saturated carbocycles. The number of hydrogen-bond acceptors (Lipinski definition) is 3. The highest BCUT2D eigenvalue weighted by Gasteiger charge is 2.27. The molecule has 1 aliphatic heterocycles. The summed E-state index contributed by atoms with van der Waals surface area (Å²) in [6.07, 6.45) is 1.64. The molecule has 4 rings (SSSR count). The van der Waals surface area contributed by atoms with Crippen LogP contribution < -0.4 is 14.9 Å². The molecule has 0 fully saturated rings. The van der Waals surface area contributed by atoms with Gasteiger partial charge in [-0.05, 0) is 41.5 Å². The number of aromatic nitrogens is 1. The third kappa shape index (κ3) is 3.54. The summed E-state index contributed by atoms with van der Waals surface area (Å²) in [7, 11) is 0. The van der Waals surface area contributed by atoms with Crippen LogP contribution in [0, 0.1) is 5.21 Å². The standard InChI is InChI=1S/C21H16ClN3O3/c22-16-7-6-15-11-20(26)24(19(15)12-16)13-14-4-8-17(9-5-14)23-21(27)18-3-1-2-10-25(18)28/h1-10,12H,11,13H2,(H,23,27). The number of nitrogens with one attached hydrogen (secondary N) is 1. The lowest BCUT2D eigenvalue weighted by molar-refractivity contribution is -0.607. The van der Waals surface area contributed by atoms with Crippen LogP contribution in [0.25, 0.3) is 0 Å². The summed E-state index contributed by atoms with van der Waals surface area (Å²) in [4.78, 5) is 26.3. The van der Waals surface area contributed by atoms with Crippen LogP contribution in [-0.2, 0) is 17.8 Å². The summed E-state index contributed by atoms with van der Waals surface area (Å²) in [5.74, 6) is -0.458. The monoisotopic (exact) mass is 393 g/mol. The third-order valence-electron chi connectivity index (χ3n) is 4.59. The number of hydrogen-bond donors (Lipinski definition) is 1. The van der Waals surface area contributed by atoms with Crippen LogP contribution in [0.2, 0.25) is 5.02 Å². The molecule has 2 amide bonds. The number of nitrogens with zero attached hydrogens (tertiary/aromatic N) is 2. The number of rotatable bonds is 4. The predicted molar refractivity (Wildman–Crippen MR) is 106 cm³/mol. The van der Waals surface area contributed by atoms with E-state index in [4.69, 9.17) is 11.6 Å². The maximum Gasteiger partial charge on any atom is 0.321 e. The smallest absolute Gasteiger partial charge is 0.321 e. The number of amides is 2. The van der Waals surface area contributed by atoms with Gasteiger partial charge in [0.15, 0.2) is 6.20 Å². The Morgan fingerprint density at radius 3 is 2.68 bits per heavy atom. The number of carbonyl (C=O) groups excluding carboxylic acids is 2. The molecular formula is C21H16ClN3O3. The lowest BCUT2D eigenvalue weighted by atomic mass is 10.1. The number of halogens is 1. The largest absolute Gasteiger partial charge is 0.618 e. The Labute approximate surface area is 166 Å². The average Bonchev–Trinajstić information content (AvgIpc) is 2.98. The van der Waals surface area contributed by atoms with Crippen LogP contribution in [0.3, 0.4) is 0 Å². The second-order valence-electron chi connectivity index (χ2n) is 6.49. The summed E-state index contributed by atoms with van der Waals surface area (Å²) < 4.78 is 0.519. The summed E-state index contributed by atoms with van der Waals surface area (Å²) in [6.45, 7) is 0.416. The first kappa shape index (κ1) is 18.0. The van der Waals surface area contributed by atoms with E-state index in [9.17, 15) is 14.8 Å². The van der Waals surface area contributed by atoms with Crippen molar-refractivity contribution in [3.05, 3.63) is 93.9 Å². The Morgan fingerprint density at radius 1 is 1.14 bits per heavy atom. The molecule has 2 heterocycles. The minimum Gasteiger partial charge on any atom is -0.618 e. The van der Waals surface area contributed by atoms with E-state index in [2.05, 4.69) is 5.32 Å². The SMILES string of the molecule is O=C(Nc1ccc(CN2C(=O)Cc3ccc(Cl)cc32)cc1)c1cccc[n+]1[O-]. The zero-order valence-electron chi connectivity index (χ0n) is 14.8. The topological polar surface area (TPSA) is 76.4 Å². The molecule has 0 unspecified atom stereocenters. The first-order valence-electron chi connectivity index (χ1n) is 8.68. The lowest BCUT2D eigenvalue weighted by Gasteiger charge is -2.18. The van der Waals surface area contributed by atoms with Crippen LogP contribution in [0.4, 0.5) is 11.4 Å². The van der Waals surface area contributed by atoms with Gasteiger partial charge in [0, 0.05) is 28.5 Å². The van der Waals surface area contributed by atoms with Crippen LogP contribution in [0.1, 0.15) is 21.6 Å². The van der Waals surface area contributed by atoms with E-state index in [0.29, 0.717) is 28.4 Å². The number of carbonyl (C=O) groups is 2. The minimum atomic E-state index is -0.485. The Hall–Kier alpha value is -3.38. The molecule has 0 bridgehead atoms. The molecule has 2 aromatic carbocycles. The molecule has 7 heteroatoms. The molecule has 1 aliphatic rings. The maximum absolute atomic E-state index is 12.3. The van der Waals surface area contributed by atoms with Gasteiger partial charge >= 0.3 is 5.91 Å². The van der Waals surface area contributed by atoms with Crippen molar-refractivity contribution in [3.8, 4) is 0 Å². The fourth-order valence-electron chi connectivity index (χ4n) is 3.18. The first-order valence-corrected chi connectivity index (χ1v) is 9.06. The molecule has 28 heavy (non-hydrogen) atoms. The van der Waals surface area contributed by atoms with Crippen LogP contribution in [-0.4, -0.2) is 11.8 Å². The van der Waals surface area contributed by atoms with Crippen molar-refractivity contribution in [2.75, 3.05) is 10.2 Å². The van der Waals surface area contributed by atoms with Gasteiger partial charge in [-0.3, -0.25) is 9.59 Å². The van der Waals surface area contributed by atoms with E-state index < -0.39 is 5.91 Å². The van der Waals surface area contributed by atoms with Crippen molar-refractivity contribution >= 4 is 34.8 Å². The third-order valence-corrected chi connectivity index (χ3v) is 4.83. The van der Waals surface area contributed by atoms with Crippen molar-refractivity contribution in [2.24, 2.45) is 0 Å². The molecule has 0 spiro atoms. The van der Waals surface area contributed by atoms with Crippen molar-refractivity contribution in [1.82, 2.24) is 0 Å². The van der Waals surface area contributed by atoms with Gasteiger partial charge in [0.2, 0.25) is 5.91 Å². The van der Waals surface area contributed by atoms with Gasteiger partial charge in [0.25, 0.3) is 5.69 Å². The molecule has 1 N–H and O–H groups in total. The number of anilines is 2. The van der Waals surface area contributed by atoms with E-state index in [-0.39, 0.29) is 11.6 Å². The second-order valence-corrected chi connectivity index (χ2v) is 6.93. The highest BCUT2D eigenvalue weighted by molar-refractivity contribution is 6.31. The molecule has 3 aromatic rings. The van der Waals surface area contributed by atoms with Gasteiger partial charge in [0.1, 0.15) is 0 Å². The second kappa shape index (κ2) is 7.32. The van der Waals surface area contributed by atoms with E-state index in [1.807, 2.05) is 18.2 Å². The fourth-order valence-corrected chi connectivity index (χ4v) is 3.35. The summed E-state index contributed by atoms with van der Waals surface area (Å²) >= 11 is 6.07. The van der Waals surface area contributed by atoms with E-state index >= 15 is 0 Å². The fraction of sp³-hybridized carbons (Fsp3) is 0.0952. The summed E-state index contributed by atoms with van der Waals surface area (Å²) in [5.41, 5.74) is 3.29. The Balaban J connectivity index is 1.47. The number of fused-ring (bicyclic) bond motifs is 1. The maximum atomic E-state index is 12.3. The molecule has 0 atom stereocenters. The zero-order chi connectivity index (χ0) is 19.7. The molecule has 0 radical (unpaired) electrons. The molecule has 6 nitrogen and oxygen atoms in total. The number of benzene rings is 2. The number of pyridine rings is 1. The van der Waals surface area contributed by atoms with Crippen LogP contribution >= 0.6 is 11.6 Å². The van der Waals surface area contributed by atoms with Gasteiger partial charge in [-0.25, -0.2) is 0 Å². The van der Waals surface area contributed by atoms with Crippen LogP contribution in [0.5, 0.6) is 0 Å². The van der Waals surface area contributed by atoms with Gasteiger partial charge in [-0.15, -0.1) is 0 Å². The quantitative estimate of drug-likeness (QED) is 0.545. The Kier molecular flexibility index (Phi) is 4.71. The highest BCUT2D eigenvalue weighted by atomic mass is 35.5.